The Kier molecular flexibility index (Phi) is 5.54. The lowest BCUT2D eigenvalue weighted by Gasteiger charge is -2.45. The van der Waals surface area contributed by atoms with Crippen molar-refractivity contribution in [3.63, 3.8) is 0 Å². The standard InChI is InChI=1S/C43H34BNO3/c1-41(2)42(3,4)48-44(47-41)27-21-23-28(24-22-27)45-36-18-10-8-16-33(36)43(34-17-9-11-19-37(34)45)32-15-7-5-14-31(32)39-35(43)26-25-30-29-13-6-12-20-38(29)46-40(30)39/h5-26H,1-4H3. The van der Waals surface area contributed by atoms with Gasteiger partial charge in [0.2, 0.25) is 0 Å². The van der Waals surface area contributed by atoms with Gasteiger partial charge in [0.25, 0.3) is 0 Å². The highest BCUT2D eigenvalue weighted by Crippen LogP contribution is 2.64. The van der Waals surface area contributed by atoms with Crippen molar-refractivity contribution in [2.24, 2.45) is 0 Å². The van der Waals surface area contributed by atoms with E-state index >= 15 is 0 Å². The van der Waals surface area contributed by atoms with E-state index in [4.69, 9.17) is 13.7 Å². The van der Waals surface area contributed by atoms with Gasteiger partial charge in [-0.15, -0.1) is 0 Å². The zero-order chi connectivity index (χ0) is 32.4. The van der Waals surface area contributed by atoms with Crippen LogP contribution < -0.4 is 10.4 Å². The highest BCUT2D eigenvalue weighted by molar-refractivity contribution is 6.62. The molecular formula is C43H34BNO3. The zero-order valence-corrected chi connectivity index (χ0v) is 27.5. The third-order valence-electron chi connectivity index (χ3n) is 11.3. The van der Waals surface area contributed by atoms with Crippen LogP contribution >= 0.6 is 0 Å². The van der Waals surface area contributed by atoms with Gasteiger partial charge in [0.05, 0.1) is 28.0 Å². The van der Waals surface area contributed by atoms with Crippen LogP contribution in [0.25, 0.3) is 33.1 Å². The van der Waals surface area contributed by atoms with Crippen molar-refractivity contribution in [3.8, 4) is 11.1 Å². The van der Waals surface area contributed by atoms with Crippen LogP contribution in [-0.2, 0) is 14.7 Å². The van der Waals surface area contributed by atoms with Crippen LogP contribution in [0.4, 0.5) is 17.1 Å². The first-order valence-electron chi connectivity index (χ1n) is 16.8. The Bertz CT molecular complexity index is 2380. The fourth-order valence-corrected chi connectivity index (χ4v) is 8.41. The molecule has 3 aliphatic rings. The molecule has 0 bridgehead atoms. The zero-order valence-electron chi connectivity index (χ0n) is 27.5. The number of benzene rings is 6. The molecule has 1 saturated heterocycles. The van der Waals surface area contributed by atoms with E-state index in [2.05, 4.69) is 160 Å². The Balaban J connectivity index is 1.20. The molecule has 1 spiro atoms. The van der Waals surface area contributed by atoms with Crippen molar-refractivity contribution in [3.05, 3.63) is 156 Å². The second kappa shape index (κ2) is 9.50. The molecule has 232 valence electrons. The van der Waals surface area contributed by atoms with Gasteiger partial charge in [-0.1, -0.05) is 103 Å². The molecule has 0 unspecified atom stereocenters. The van der Waals surface area contributed by atoms with Crippen LogP contribution in [0.15, 0.2) is 138 Å². The summed E-state index contributed by atoms with van der Waals surface area (Å²) < 4.78 is 19.5. The number of hydrogen-bond acceptors (Lipinski definition) is 4. The molecule has 6 aromatic carbocycles. The maximum Gasteiger partial charge on any atom is 0.494 e. The van der Waals surface area contributed by atoms with Crippen molar-refractivity contribution in [2.75, 3.05) is 4.90 Å². The van der Waals surface area contributed by atoms with E-state index in [1.54, 1.807) is 0 Å². The Morgan fingerprint density at radius 1 is 0.521 bits per heavy atom. The summed E-state index contributed by atoms with van der Waals surface area (Å²) in [4.78, 5) is 2.41. The van der Waals surface area contributed by atoms with Gasteiger partial charge in [0.1, 0.15) is 11.2 Å². The maximum absolute atomic E-state index is 6.70. The van der Waals surface area contributed by atoms with E-state index in [0.717, 1.165) is 44.5 Å². The number of rotatable bonds is 2. The third kappa shape index (κ3) is 3.48. The van der Waals surface area contributed by atoms with E-state index in [9.17, 15) is 0 Å². The van der Waals surface area contributed by atoms with Crippen LogP contribution in [0.1, 0.15) is 49.9 Å². The van der Waals surface area contributed by atoms with Crippen LogP contribution in [0.5, 0.6) is 0 Å². The van der Waals surface area contributed by atoms with E-state index in [1.807, 2.05) is 6.07 Å². The summed E-state index contributed by atoms with van der Waals surface area (Å²) in [5.41, 5.74) is 12.4. The molecular weight excluding hydrogens is 589 g/mol. The lowest BCUT2D eigenvalue weighted by Crippen LogP contribution is -2.41. The summed E-state index contributed by atoms with van der Waals surface area (Å²) in [6.07, 6.45) is 0. The Morgan fingerprint density at radius 3 is 1.79 bits per heavy atom. The van der Waals surface area contributed by atoms with Gasteiger partial charge in [-0.2, -0.15) is 0 Å². The molecule has 0 radical (unpaired) electrons. The fraction of sp³-hybridized carbons (Fsp3) is 0.163. The lowest BCUT2D eigenvalue weighted by molar-refractivity contribution is 0.00578. The second-order valence-corrected chi connectivity index (χ2v) is 14.3. The molecule has 2 aliphatic heterocycles. The monoisotopic (exact) mass is 623 g/mol. The van der Waals surface area contributed by atoms with Crippen molar-refractivity contribution < 1.29 is 13.7 Å². The van der Waals surface area contributed by atoms with Gasteiger partial charge in [0, 0.05) is 22.0 Å². The molecule has 0 atom stereocenters. The van der Waals surface area contributed by atoms with Gasteiger partial charge in [-0.25, -0.2) is 0 Å². The molecule has 3 heterocycles. The predicted octanol–water partition coefficient (Wildman–Crippen LogP) is 10.0. The summed E-state index contributed by atoms with van der Waals surface area (Å²) in [7, 11) is -0.408. The van der Waals surface area contributed by atoms with Crippen molar-refractivity contribution in [2.45, 2.75) is 44.3 Å². The molecule has 48 heavy (non-hydrogen) atoms. The molecule has 0 amide bonds. The van der Waals surface area contributed by atoms with Crippen LogP contribution in [0.3, 0.4) is 0 Å². The number of para-hydroxylation sites is 3. The first kappa shape index (κ1) is 28.0. The minimum Gasteiger partial charge on any atom is -0.455 e. The van der Waals surface area contributed by atoms with E-state index in [0.29, 0.717) is 0 Å². The van der Waals surface area contributed by atoms with Crippen molar-refractivity contribution in [1.82, 2.24) is 0 Å². The molecule has 5 heteroatoms. The number of hydrogen-bond donors (Lipinski definition) is 0. The molecule has 10 rings (SSSR count). The SMILES string of the molecule is CC1(C)OB(c2ccc(N3c4ccccc4C4(c5ccccc5-c5c4ccc4c5oc5ccccc54)c4ccccc43)cc2)OC1(C)C. The van der Waals surface area contributed by atoms with E-state index < -0.39 is 23.7 Å². The highest BCUT2D eigenvalue weighted by Gasteiger charge is 2.53. The van der Waals surface area contributed by atoms with Crippen LogP contribution in [-0.4, -0.2) is 18.3 Å². The van der Waals surface area contributed by atoms with Gasteiger partial charge >= 0.3 is 7.12 Å². The molecule has 0 saturated carbocycles. The summed E-state index contributed by atoms with van der Waals surface area (Å²) in [5, 5.41) is 2.30. The minimum absolute atomic E-state index is 0.392. The molecule has 1 aliphatic carbocycles. The molecule has 4 nitrogen and oxygen atoms in total. The summed E-state index contributed by atoms with van der Waals surface area (Å²) in [6, 6.07) is 48.3. The Labute approximate surface area is 280 Å². The Morgan fingerprint density at radius 2 is 1.10 bits per heavy atom. The normalized spacial score (nSPS) is 17.8. The molecule has 0 N–H and O–H groups in total. The smallest absolute Gasteiger partial charge is 0.455 e. The quantitative estimate of drug-likeness (QED) is 0.180. The minimum atomic E-state index is -0.522. The van der Waals surface area contributed by atoms with Gasteiger partial charge in [0.15, 0.2) is 0 Å². The molecule has 1 aromatic heterocycles. The average molecular weight is 624 g/mol. The number of nitrogens with zero attached hydrogens (tertiary/aromatic N) is 1. The topological polar surface area (TPSA) is 34.8 Å². The molecule has 1 fully saturated rings. The molecule has 7 aromatic rings. The first-order valence-corrected chi connectivity index (χ1v) is 16.8. The van der Waals surface area contributed by atoms with Crippen LogP contribution in [0, 0.1) is 0 Å². The largest absolute Gasteiger partial charge is 0.494 e. The lowest BCUT2D eigenvalue weighted by atomic mass is 9.64. The van der Waals surface area contributed by atoms with E-state index in [-0.39, 0.29) is 0 Å². The number of furan rings is 1. The van der Waals surface area contributed by atoms with Crippen molar-refractivity contribution >= 4 is 51.6 Å². The summed E-state index contributed by atoms with van der Waals surface area (Å²) >= 11 is 0. The number of fused-ring (bicyclic) bond motifs is 13. The Hall–Kier alpha value is -5.10. The average Bonchev–Trinajstić information content (AvgIpc) is 3.70. The van der Waals surface area contributed by atoms with Gasteiger partial charge in [-0.3, -0.25) is 0 Å². The third-order valence-corrected chi connectivity index (χ3v) is 11.3. The fourth-order valence-electron chi connectivity index (χ4n) is 8.41. The second-order valence-electron chi connectivity index (χ2n) is 14.3. The van der Waals surface area contributed by atoms with Gasteiger partial charge < -0.3 is 18.6 Å². The van der Waals surface area contributed by atoms with Crippen molar-refractivity contribution in [1.29, 1.82) is 0 Å². The summed E-state index contributed by atoms with van der Waals surface area (Å²) in [6.45, 7) is 8.38. The number of anilines is 3. The summed E-state index contributed by atoms with van der Waals surface area (Å²) in [5.74, 6) is 0. The maximum atomic E-state index is 6.70. The van der Waals surface area contributed by atoms with E-state index in [1.165, 1.54) is 33.4 Å². The predicted molar refractivity (Wildman–Crippen MR) is 195 cm³/mol. The van der Waals surface area contributed by atoms with Crippen LogP contribution in [0.2, 0.25) is 0 Å². The highest BCUT2D eigenvalue weighted by atomic mass is 16.7. The van der Waals surface area contributed by atoms with Gasteiger partial charge in [-0.05, 0) is 91.3 Å². The first-order chi connectivity index (χ1) is 23.3.